The van der Waals surface area contributed by atoms with E-state index < -0.39 is 0 Å². The van der Waals surface area contributed by atoms with Gasteiger partial charge in [0.15, 0.2) is 0 Å². The van der Waals surface area contributed by atoms with Crippen molar-refractivity contribution in [3.63, 3.8) is 0 Å². The van der Waals surface area contributed by atoms with Crippen LogP contribution in [0, 0.1) is 5.41 Å². The van der Waals surface area contributed by atoms with Crippen molar-refractivity contribution in [1.29, 1.82) is 0 Å². The third kappa shape index (κ3) is 4.88. The van der Waals surface area contributed by atoms with E-state index in [1.54, 1.807) is 0 Å². The minimum absolute atomic E-state index is 0. The Morgan fingerprint density at radius 2 is 2.00 bits per heavy atom. The average Bonchev–Trinajstić information content (AvgIpc) is 3.45. The van der Waals surface area contributed by atoms with Crippen LogP contribution in [0.4, 0.5) is 0 Å². The Morgan fingerprint density at radius 3 is 2.69 bits per heavy atom. The smallest absolute Gasteiger partial charge is 0.223 e. The largest absolute Gasteiger partial charge is 0.494 e. The third-order valence-electron chi connectivity index (χ3n) is 6.35. The van der Waals surface area contributed by atoms with Gasteiger partial charge in [-0.1, -0.05) is 29.8 Å². The van der Waals surface area contributed by atoms with E-state index in [4.69, 9.17) is 27.8 Å². The first-order chi connectivity index (χ1) is 13.5. The molecular formula is C23H28Cl2N2O2. The van der Waals surface area contributed by atoms with Crippen LogP contribution in [-0.2, 0) is 17.6 Å². The number of primary amides is 1. The van der Waals surface area contributed by atoms with Gasteiger partial charge in [0.05, 0.1) is 12.0 Å². The number of carbonyl (C=O) groups excluding carboxylic acids is 1. The number of carbonyl (C=O) groups is 1. The fourth-order valence-corrected chi connectivity index (χ4v) is 4.52. The van der Waals surface area contributed by atoms with E-state index in [1.165, 1.54) is 16.7 Å². The SMILES string of the molecule is Cl.NC(=O)C1(CCOc2ccc3c(c2)C(Cc2cccc(Cl)c2)C(N)CC3)CC1. The Morgan fingerprint density at radius 1 is 1.21 bits per heavy atom. The van der Waals surface area contributed by atoms with Gasteiger partial charge in [-0.15, -0.1) is 12.4 Å². The molecule has 2 aromatic rings. The van der Waals surface area contributed by atoms with E-state index in [2.05, 4.69) is 18.2 Å². The lowest BCUT2D eigenvalue weighted by Gasteiger charge is -2.32. The summed E-state index contributed by atoms with van der Waals surface area (Å²) in [5.74, 6) is 0.879. The maximum Gasteiger partial charge on any atom is 0.223 e. The number of rotatable bonds is 7. The topological polar surface area (TPSA) is 78.3 Å². The van der Waals surface area contributed by atoms with Gasteiger partial charge < -0.3 is 16.2 Å². The molecule has 2 aliphatic rings. The highest BCUT2D eigenvalue weighted by atomic mass is 35.5. The summed E-state index contributed by atoms with van der Waals surface area (Å²) in [6, 6.07) is 14.4. The number of amides is 1. The summed E-state index contributed by atoms with van der Waals surface area (Å²) in [5, 5.41) is 0.752. The standard InChI is InChI=1S/C23H27ClN2O2.ClH/c24-17-3-1-2-15(12-17)13-20-19-14-18(6-4-16(19)5-7-21(20)25)28-11-10-23(8-9-23)22(26)27;/h1-4,6,12,14,20-21H,5,7-11,13,25H2,(H2,26,27);1H. The maximum atomic E-state index is 11.5. The summed E-state index contributed by atoms with van der Waals surface area (Å²) in [5.41, 5.74) is 15.5. The molecule has 4 nitrogen and oxygen atoms in total. The van der Waals surface area contributed by atoms with Crippen LogP contribution >= 0.6 is 24.0 Å². The zero-order valence-electron chi connectivity index (χ0n) is 16.4. The fourth-order valence-electron chi connectivity index (χ4n) is 4.30. The first kappa shape index (κ1) is 21.9. The van der Waals surface area contributed by atoms with Crippen molar-refractivity contribution in [3.8, 4) is 5.75 Å². The van der Waals surface area contributed by atoms with Gasteiger partial charge in [0, 0.05) is 17.0 Å². The zero-order valence-corrected chi connectivity index (χ0v) is 18.0. The predicted molar refractivity (Wildman–Crippen MR) is 119 cm³/mol. The van der Waals surface area contributed by atoms with Crippen LogP contribution in [-0.4, -0.2) is 18.6 Å². The number of fused-ring (bicyclic) bond motifs is 1. The Balaban J connectivity index is 0.00000240. The van der Waals surface area contributed by atoms with Gasteiger partial charge in [0.1, 0.15) is 5.75 Å². The van der Waals surface area contributed by atoms with Crippen molar-refractivity contribution in [2.24, 2.45) is 16.9 Å². The van der Waals surface area contributed by atoms with Crippen LogP contribution in [0.3, 0.4) is 0 Å². The summed E-state index contributed by atoms with van der Waals surface area (Å²) >= 11 is 6.16. The van der Waals surface area contributed by atoms with Gasteiger partial charge in [0.2, 0.25) is 5.91 Å². The molecule has 2 aliphatic carbocycles. The fraction of sp³-hybridized carbons (Fsp3) is 0.435. The van der Waals surface area contributed by atoms with Crippen LogP contribution in [0.1, 0.15) is 48.3 Å². The van der Waals surface area contributed by atoms with E-state index in [-0.39, 0.29) is 35.7 Å². The number of ether oxygens (including phenoxy) is 1. The van der Waals surface area contributed by atoms with E-state index in [0.29, 0.717) is 13.0 Å². The van der Waals surface area contributed by atoms with Gasteiger partial charge in [-0.3, -0.25) is 4.79 Å². The molecule has 29 heavy (non-hydrogen) atoms. The number of hydrogen-bond donors (Lipinski definition) is 2. The molecule has 2 unspecified atom stereocenters. The van der Waals surface area contributed by atoms with Crippen molar-refractivity contribution in [3.05, 3.63) is 64.2 Å². The lowest BCUT2D eigenvalue weighted by Crippen LogP contribution is -2.34. The van der Waals surface area contributed by atoms with Crippen molar-refractivity contribution < 1.29 is 9.53 Å². The molecule has 156 valence electrons. The highest BCUT2D eigenvalue weighted by Crippen LogP contribution is 2.48. The second-order valence-corrected chi connectivity index (χ2v) is 8.68. The molecule has 0 bridgehead atoms. The summed E-state index contributed by atoms with van der Waals surface area (Å²) in [7, 11) is 0. The molecule has 0 saturated heterocycles. The number of hydrogen-bond acceptors (Lipinski definition) is 3. The summed E-state index contributed by atoms with van der Waals surface area (Å²) in [6.45, 7) is 0.507. The molecule has 4 N–H and O–H groups in total. The molecule has 4 rings (SSSR count). The molecule has 0 radical (unpaired) electrons. The number of benzene rings is 2. The van der Waals surface area contributed by atoms with Gasteiger partial charge >= 0.3 is 0 Å². The van der Waals surface area contributed by atoms with Crippen molar-refractivity contribution in [2.75, 3.05) is 6.61 Å². The minimum atomic E-state index is -0.328. The highest BCUT2D eigenvalue weighted by Gasteiger charge is 2.48. The quantitative estimate of drug-likeness (QED) is 0.677. The van der Waals surface area contributed by atoms with Crippen molar-refractivity contribution in [1.82, 2.24) is 0 Å². The molecule has 1 amide bonds. The molecule has 0 spiro atoms. The molecule has 1 saturated carbocycles. The minimum Gasteiger partial charge on any atom is -0.494 e. The third-order valence-corrected chi connectivity index (χ3v) is 6.59. The molecule has 0 aromatic heterocycles. The van der Waals surface area contributed by atoms with Gasteiger partial charge in [0.25, 0.3) is 0 Å². The molecule has 1 fully saturated rings. The van der Waals surface area contributed by atoms with Crippen molar-refractivity contribution >= 4 is 29.9 Å². The monoisotopic (exact) mass is 434 g/mol. The van der Waals surface area contributed by atoms with E-state index >= 15 is 0 Å². The maximum absolute atomic E-state index is 11.5. The van der Waals surface area contributed by atoms with Crippen molar-refractivity contribution in [2.45, 2.75) is 50.5 Å². The van der Waals surface area contributed by atoms with Crippen LogP contribution in [0.25, 0.3) is 0 Å². The Kier molecular flexibility index (Phi) is 6.77. The number of aryl methyl sites for hydroxylation is 1. The first-order valence-corrected chi connectivity index (χ1v) is 10.4. The number of nitrogens with two attached hydrogens (primary N) is 2. The zero-order chi connectivity index (χ0) is 19.7. The Labute approximate surface area is 183 Å². The first-order valence-electron chi connectivity index (χ1n) is 10.0. The van der Waals surface area contributed by atoms with Crippen LogP contribution in [0.2, 0.25) is 5.02 Å². The van der Waals surface area contributed by atoms with E-state index in [9.17, 15) is 4.79 Å². The molecule has 0 heterocycles. The Hall–Kier alpha value is -1.75. The van der Waals surface area contributed by atoms with Crippen LogP contribution in [0.15, 0.2) is 42.5 Å². The van der Waals surface area contributed by atoms with Crippen LogP contribution in [0.5, 0.6) is 5.75 Å². The molecule has 2 atom stereocenters. The molecule has 6 heteroatoms. The second kappa shape index (κ2) is 8.95. The highest BCUT2D eigenvalue weighted by molar-refractivity contribution is 6.30. The molecular weight excluding hydrogens is 407 g/mol. The second-order valence-electron chi connectivity index (χ2n) is 8.25. The lowest BCUT2D eigenvalue weighted by atomic mass is 9.76. The average molecular weight is 435 g/mol. The van der Waals surface area contributed by atoms with Gasteiger partial charge in [-0.05, 0) is 79.5 Å². The summed E-state index contributed by atoms with van der Waals surface area (Å²) in [6.07, 6.45) is 5.29. The number of halogens is 2. The van der Waals surface area contributed by atoms with Crippen LogP contribution < -0.4 is 16.2 Å². The summed E-state index contributed by atoms with van der Waals surface area (Å²) < 4.78 is 5.98. The van der Waals surface area contributed by atoms with Gasteiger partial charge in [-0.2, -0.15) is 0 Å². The normalized spacial score (nSPS) is 21.6. The summed E-state index contributed by atoms with van der Waals surface area (Å²) in [4.78, 5) is 11.5. The Bertz CT molecular complexity index is 883. The molecule has 0 aliphatic heterocycles. The van der Waals surface area contributed by atoms with E-state index in [1.807, 2.05) is 24.3 Å². The predicted octanol–water partition coefficient (Wildman–Crippen LogP) is 4.40. The lowest BCUT2D eigenvalue weighted by molar-refractivity contribution is -0.123. The molecule has 2 aromatic carbocycles. The van der Waals surface area contributed by atoms with Gasteiger partial charge in [-0.25, -0.2) is 0 Å². The van der Waals surface area contributed by atoms with E-state index in [0.717, 1.165) is 42.9 Å².